The molecule has 3 aromatic rings. The number of benzene rings is 3. The van der Waals surface area contributed by atoms with Crippen LogP contribution in [-0.2, 0) is 17.6 Å². The second-order valence-corrected chi connectivity index (χ2v) is 5.94. The highest BCUT2D eigenvalue weighted by Gasteiger charge is 2.06. The molecule has 120 valence electrons. The van der Waals surface area contributed by atoms with E-state index in [4.69, 9.17) is 4.74 Å². The molecule has 0 N–H and O–H groups in total. The highest BCUT2D eigenvalue weighted by Crippen LogP contribution is 2.21. The third-order valence-corrected chi connectivity index (χ3v) is 3.83. The summed E-state index contributed by atoms with van der Waals surface area (Å²) < 4.78 is 5.76. The van der Waals surface area contributed by atoms with Gasteiger partial charge < -0.3 is 4.74 Å². The Hall–Kier alpha value is -2.87. The average Bonchev–Trinajstić information content (AvgIpc) is 2.60. The van der Waals surface area contributed by atoms with E-state index in [1.54, 1.807) is 0 Å². The molecule has 0 atom stereocenters. The van der Waals surface area contributed by atoms with Crippen molar-refractivity contribution in [2.24, 2.45) is 0 Å². The van der Waals surface area contributed by atoms with Crippen molar-refractivity contribution in [3.63, 3.8) is 0 Å². The molecule has 0 heterocycles. The lowest BCUT2D eigenvalue weighted by atomic mass is 10.0. The first-order chi connectivity index (χ1) is 11.7. The van der Waals surface area contributed by atoms with E-state index in [9.17, 15) is 4.79 Å². The quantitative estimate of drug-likeness (QED) is 0.629. The summed E-state index contributed by atoms with van der Waals surface area (Å²) in [4.78, 5) is 12.2. The first kappa shape index (κ1) is 16.0. The number of Topliss-reactive ketones (excluding diaryl/α,β-unsaturated/α-hetero) is 1. The van der Waals surface area contributed by atoms with Crippen molar-refractivity contribution in [1.29, 1.82) is 0 Å². The van der Waals surface area contributed by atoms with Gasteiger partial charge >= 0.3 is 0 Å². The topological polar surface area (TPSA) is 26.3 Å². The maximum atomic E-state index is 12.2. The lowest BCUT2D eigenvalue weighted by Gasteiger charge is -2.07. The van der Waals surface area contributed by atoms with Crippen molar-refractivity contribution in [3.05, 3.63) is 95.6 Å². The van der Waals surface area contributed by atoms with Crippen LogP contribution in [0.2, 0.25) is 0 Å². The zero-order chi connectivity index (χ0) is 16.8. The highest BCUT2D eigenvalue weighted by molar-refractivity contribution is 5.83. The van der Waals surface area contributed by atoms with Crippen LogP contribution in [-0.4, -0.2) is 5.78 Å². The minimum Gasteiger partial charge on any atom is -0.457 e. The van der Waals surface area contributed by atoms with Crippen LogP contribution in [0.15, 0.2) is 78.9 Å². The van der Waals surface area contributed by atoms with Gasteiger partial charge in [-0.2, -0.15) is 0 Å². The van der Waals surface area contributed by atoms with Gasteiger partial charge in [0, 0.05) is 12.8 Å². The molecule has 0 amide bonds. The molecule has 0 saturated carbocycles. The number of aryl methyl sites for hydroxylation is 1. The van der Waals surface area contributed by atoms with E-state index in [1.807, 2.05) is 85.8 Å². The molecule has 3 aromatic carbocycles. The SMILES string of the molecule is Cc1ccc(CC(=O)Cc2ccc(Oc3ccccc3)cc2)cc1. The summed E-state index contributed by atoms with van der Waals surface area (Å²) in [5.74, 6) is 1.80. The fourth-order valence-corrected chi connectivity index (χ4v) is 2.52. The van der Waals surface area contributed by atoms with Crippen molar-refractivity contribution >= 4 is 5.78 Å². The van der Waals surface area contributed by atoms with Gasteiger partial charge in [0.25, 0.3) is 0 Å². The van der Waals surface area contributed by atoms with Crippen molar-refractivity contribution < 1.29 is 9.53 Å². The molecule has 2 heteroatoms. The van der Waals surface area contributed by atoms with Gasteiger partial charge in [0.1, 0.15) is 17.3 Å². The summed E-state index contributed by atoms with van der Waals surface area (Å²) in [6.45, 7) is 2.05. The van der Waals surface area contributed by atoms with Crippen LogP contribution in [0.3, 0.4) is 0 Å². The Bertz CT molecular complexity index is 788. The first-order valence-corrected chi connectivity index (χ1v) is 8.08. The molecule has 0 aliphatic heterocycles. The third kappa shape index (κ3) is 4.56. The standard InChI is InChI=1S/C22H20O2/c1-17-7-9-18(10-8-17)15-20(23)16-19-11-13-22(14-12-19)24-21-5-3-2-4-6-21/h2-14H,15-16H2,1H3. The summed E-state index contributed by atoms with van der Waals surface area (Å²) in [5, 5.41) is 0. The van der Waals surface area contributed by atoms with Crippen LogP contribution < -0.4 is 4.74 Å². The monoisotopic (exact) mass is 316 g/mol. The zero-order valence-corrected chi connectivity index (χ0v) is 13.7. The maximum absolute atomic E-state index is 12.2. The summed E-state index contributed by atoms with van der Waals surface area (Å²) >= 11 is 0. The van der Waals surface area contributed by atoms with Crippen molar-refractivity contribution in [3.8, 4) is 11.5 Å². The third-order valence-electron chi connectivity index (χ3n) is 3.83. The van der Waals surface area contributed by atoms with E-state index in [0.717, 1.165) is 22.6 Å². The molecule has 0 aromatic heterocycles. The summed E-state index contributed by atoms with van der Waals surface area (Å²) in [6, 6.07) is 25.5. The molecule has 0 bridgehead atoms. The van der Waals surface area contributed by atoms with E-state index in [1.165, 1.54) is 5.56 Å². The van der Waals surface area contributed by atoms with Crippen LogP contribution in [0.25, 0.3) is 0 Å². The second-order valence-electron chi connectivity index (χ2n) is 5.94. The van der Waals surface area contributed by atoms with Crippen LogP contribution in [0.5, 0.6) is 11.5 Å². The smallest absolute Gasteiger partial charge is 0.141 e. The molecule has 0 unspecified atom stereocenters. The molecule has 24 heavy (non-hydrogen) atoms. The summed E-state index contributed by atoms with van der Waals surface area (Å²) in [7, 11) is 0. The molecule has 0 aliphatic rings. The number of hydrogen-bond acceptors (Lipinski definition) is 2. The normalized spacial score (nSPS) is 10.4. The number of para-hydroxylation sites is 1. The predicted octanol–water partition coefficient (Wildman–Crippen LogP) is 5.14. The maximum Gasteiger partial charge on any atom is 0.141 e. The van der Waals surface area contributed by atoms with E-state index < -0.39 is 0 Å². The number of carbonyl (C=O) groups is 1. The van der Waals surface area contributed by atoms with Gasteiger partial charge in [-0.15, -0.1) is 0 Å². The van der Waals surface area contributed by atoms with Gasteiger partial charge in [-0.3, -0.25) is 4.79 Å². The van der Waals surface area contributed by atoms with E-state index in [-0.39, 0.29) is 5.78 Å². The Labute approximate surface area is 142 Å². The molecule has 0 aliphatic carbocycles. The van der Waals surface area contributed by atoms with Gasteiger partial charge in [-0.25, -0.2) is 0 Å². The van der Waals surface area contributed by atoms with Crippen LogP contribution in [0.4, 0.5) is 0 Å². The minimum atomic E-state index is 0.218. The largest absolute Gasteiger partial charge is 0.457 e. The number of ketones is 1. The molecule has 3 rings (SSSR count). The van der Waals surface area contributed by atoms with E-state index >= 15 is 0 Å². The zero-order valence-electron chi connectivity index (χ0n) is 13.7. The summed E-state index contributed by atoms with van der Waals surface area (Å²) in [5.41, 5.74) is 3.28. The van der Waals surface area contributed by atoms with Gasteiger partial charge in [0.2, 0.25) is 0 Å². The molecule has 0 radical (unpaired) electrons. The molecule has 0 fully saturated rings. The van der Waals surface area contributed by atoms with Gasteiger partial charge in [-0.05, 0) is 42.3 Å². The van der Waals surface area contributed by atoms with Crippen molar-refractivity contribution in [2.75, 3.05) is 0 Å². The Balaban J connectivity index is 1.57. The van der Waals surface area contributed by atoms with Crippen LogP contribution >= 0.6 is 0 Å². The van der Waals surface area contributed by atoms with E-state index in [0.29, 0.717) is 12.8 Å². The predicted molar refractivity (Wildman–Crippen MR) is 96.6 cm³/mol. The Morgan fingerprint density at radius 3 is 1.79 bits per heavy atom. The first-order valence-electron chi connectivity index (χ1n) is 8.08. The molecule has 0 spiro atoms. The Morgan fingerprint density at radius 1 is 0.708 bits per heavy atom. The molecule has 2 nitrogen and oxygen atoms in total. The van der Waals surface area contributed by atoms with Crippen LogP contribution in [0, 0.1) is 6.92 Å². The molecule has 0 saturated heterocycles. The number of carbonyl (C=O) groups excluding carboxylic acids is 1. The highest BCUT2D eigenvalue weighted by atomic mass is 16.5. The number of ether oxygens (including phenoxy) is 1. The van der Waals surface area contributed by atoms with Gasteiger partial charge in [-0.1, -0.05) is 60.2 Å². The van der Waals surface area contributed by atoms with Gasteiger partial charge in [0.15, 0.2) is 0 Å². The summed E-state index contributed by atoms with van der Waals surface area (Å²) in [6.07, 6.45) is 0.919. The molecular weight excluding hydrogens is 296 g/mol. The van der Waals surface area contributed by atoms with Gasteiger partial charge in [0.05, 0.1) is 0 Å². The number of hydrogen-bond donors (Lipinski definition) is 0. The van der Waals surface area contributed by atoms with Crippen LogP contribution in [0.1, 0.15) is 16.7 Å². The average molecular weight is 316 g/mol. The molecular formula is C22H20O2. The fraction of sp³-hybridized carbons (Fsp3) is 0.136. The Morgan fingerprint density at radius 2 is 1.21 bits per heavy atom. The van der Waals surface area contributed by atoms with Crippen molar-refractivity contribution in [1.82, 2.24) is 0 Å². The minimum absolute atomic E-state index is 0.218. The Kier molecular flexibility index (Phi) is 5.07. The lowest BCUT2D eigenvalue weighted by Crippen LogP contribution is -2.06. The van der Waals surface area contributed by atoms with Crippen molar-refractivity contribution in [2.45, 2.75) is 19.8 Å². The lowest BCUT2D eigenvalue weighted by molar-refractivity contribution is -0.117. The second kappa shape index (κ2) is 7.60. The van der Waals surface area contributed by atoms with E-state index in [2.05, 4.69) is 0 Å². The number of rotatable bonds is 6. The fourth-order valence-electron chi connectivity index (χ4n) is 2.52.